The van der Waals surface area contributed by atoms with Crippen LogP contribution in [0.4, 0.5) is 0 Å². The normalized spacial score (nSPS) is 10.6. The third-order valence-corrected chi connectivity index (χ3v) is 2.50. The van der Waals surface area contributed by atoms with Crippen molar-refractivity contribution in [2.75, 3.05) is 32.8 Å². The van der Waals surface area contributed by atoms with Crippen LogP contribution in [0.3, 0.4) is 0 Å². The molecule has 0 spiro atoms. The first kappa shape index (κ1) is 16.9. The smallest absolute Gasteiger partial charge is 0.303 e. The van der Waals surface area contributed by atoms with E-state index in [0.29, 0.717) is 19.5 Å². The number of aliphatic hydroxyl groups is 1. The van der Waals surface area contributed by atoms with E-state index >= 15 is 0 Å². The number of nitrogens with zero attached hydrogens (tertiary/aromatic N) is 1. The number of rotatable bonds is 11. The predicted octanol–water partition coefficient (Wildman–Crippen LogP) is 0.0618. The van der Waals surface area contributed by atoms with Crippen molar-refractivity contribution in [2.45, 2.75) is 32.6 Å². The third-order valence-electron chi connectivity index (χ3n) is 2.50. The van der Waals surface area contributed by atoms with Gasteiger partial charge in [-0.3, -0.25) is 14.5 Å². The van der Waals surface area contributed by atoms with Crippen LogP contribution >= 0.6 is 0 Å². The monoisotopic (exact) mass is 260 g/mol. The Morgan fingerprint density at radius 3 is 2.50 bits per heavy atom. The highest BCUT2D eigenvalue weighted by molar-refractivity contribution is 5.78. The zero-order valence-electron chi connectivity index (χ0n) is 11.0. The maximum Gasteiger partial charge on any atom is 0.303 e. The first-order valence-electron chi connectivity index (χ1n) is 6.41. The van der Waals surface area contributed by atoms with Gasteiger partial charge in [-0.05, 0) is 19.4 Å². The van der Waals surface area contributed by atoms with Crippen molar-refractivity contribution in [1.29, 1.82) is 0 Å². The number of amides is 1. The van der Waals surface area contributed by atoms with Gasteiger partial charge in [-0.2, -0.15) is 0 Å². The van der Waals surface area contributed by atoms with Gasteiger partial charge < -0.3 is 15.5 Å². The number of carbonyl (C=O) groups is 2. The molecule has 0 aromatic heterocycles. The number of aliphatic hydroxyl groups excluding tert-OH is 1. The lowest BCUT2D eigenvalue weighted by Crippen LogP contribution is -2.39. The van der Waals surface area contributed by atoms with E-state index in [0.717, 1.165) is 19.4 Å². The van der Waals surface area contributed by atoms with E-state index in [9.17, 15) is 9.59 Å². The summed E-state index contributed by atoms with van der Waals surface area (Å²) >= 11 is 0. The van der Waals surface area contributed by atoms with Crippen molar-refractivity contribution < 1.29 is 19.8 Å². The van der Waals surface area contributed by atoms with Gasteiger partial charge in [0.25, 0.3) is 0 Å². The van der Waals surface area contributed by atoms with Gasteiger partial charge in [-0.25, -0.2) is 0 Å². The minimum Gasteiger partial charge on any atom is -0.481 e. The van der Waals surface area contributed by atoms with Crippen molar-refractivity contribution in [1.82, 2.24) is 10.2 Å². The van der Waals surface area contributed by atoms with E-state index in [-0.39, 0.29) is 25.5 Å². The molecular formula is C12H24N2O4. The minimum atomic E-state index is -0.853. The molecule has 6 nitrogen and oxygen atoms in total. The number of hydrogen-bond donors (Lipinski definition) is 3. The predicted molar refractivity (Wildman–Crippen MR) is 68.3 cm³/mol. The molecule has 0 rings (SSSR count). The molecule has 106 valence electrons. The molecule has 0 atom stereocenters. The Bertz CT molecular complexity index is 246. The molecule has 0 bridgehead atoms. The number of unbranched alkanes of at least 4 members (excludes halogenated alkanes) is 1. The SMILES string of the molecule is CCCCN(CCO)CC(=O)NCCCC(=O)O. The third kappa shape index (κ3) is 10.0. The number of nitrogens with one attached hydrogen (secondary N) is 1. The van der Waals surface area contributed by atoms with Crippen LogP contribution in [0.25, 0.3) is 0 Å². The van der Waals surface area contributed by atoms with Gasteiger partial charge in [-0.1, -0.05) is 13.3 Å². The highest BCUT2D eigenvalue weighted by Gasteiger charge is 2.09. The highest BCUT2D eigenvalue weighted by atomic mass is 16.4. The fraction of sp³-hybridized carbons (Fsp3) is 0.833. The second kappa shape index (κ2) is 11.0. The molecule has 0 aliphatic carbocycles. The molecule has 1 amide bonds. The van der Waals surface area contributed by atoms with E-state index in [2.05, 4.69) is 12.2 Å². The van der Waals surface area contributed by atoms with Crippen LogP contribution < -0.4 is 5.32 Å². The summed E-state index contributed by atoms with van der Waals surface area (Å²) < 4.78 is 0. The van der Waals surface area contributed by atoms with Gasteiger partial charge in [0.15, 0.2) is 0 Å². The standard InChI is InChI=1S/C12H24N2O4/c1-2-3-7-14(8-9-15)10-11(16)13-6-4-5-12(17)18/h15H,2-10H2,1H3,(H,13,16)(H,17,18). The topological polar surface area (TPSA) is 89.9 Å². The molecule has 0 aromatic rings. The van der Waals surface area contributed by atoms with Crippen LogP contribution in [0.2, 0.25) is 0 Å². The number of hydrogen-bond acceptors (Lipinski definition) is 4. The fourth-order valence-electron chi connectivity index (χ4n) is 1.52. The van der Waals surface area contributed by atoms with Crippen LogP contribution in [0.5, 0.6) is 0 Å². The molecule has 0 aromatic carbocycles. The highest BCUT2D eigenvalue weighted by Crippen LogP contribution is 1.94. The molecule has 0 aliphatic rings. The summed E-state index contributed by atoms with van der Waals surface area (Å²) in [6.07, 6.45) is 2.54. The molecule has 0 radical (unpaired) electrons. The summed E-state index contributed by atoms with van der Waals surface area (Å²) in [4.78, 5) is 23.7. The zero-order chi connectivity index (χ0) is 13.8. The van der Waals surface area contributed by atoms with Crippen LogP contribution in [-0.4, -0.2) is 59.8 Å². The average molecular weight is 260 g/mol. The lowest BCUT2D eigenvalue weighted by molar-refractivity contribution is -0.137. The second-order valence-corrected chi connectivity index (χ2v) is 4.20. The summed E-state index contributed by atoms with van der Waals surface area (Å²) in [6, 6.07) is 0. The van der Waals surface area contributed by atoms with Gasteiger partial charge >= 0.3 is 5.97 Å². The minimum absolute atomic E-state index is 0.0377. The fourth-order valence-corrected chi connectivity index (χ4v) is 1.52. The first-order chi connectivity index (χ1) is 8.60. The zero-order valence-corrected chi connectivity index (χ0v) is 11.0. The molecule has 0 fully saturated rings. The Hall–Kier alpha value is -1.14. The summed E-state index contributed by atoms with van der Waals surface area (Å²) in [5.74, 6) is -0.973. The van der Waals surface area contributed by atoms with E-state index in [1.165, 1.54) is 0 Å². The molecule has 6 heteroatoms. The van der Waals surface area contributed by atoms with Gasteiger partial charge in [0.1, 0.15) is 0 Å². The van der Waals surface area contributed by atoms with Crippen LogP contribution in [0.15, 0.2) is 0 Å². The van der Waals surface area contributed by atoms with Gasteiger partial charge in [0.2, 0.25) is 5.91 Å². The summed E-state index contributed by atoms with van der Waals surface area (Å²) in [5.41, 5.74) is 0. The Morgan fingerprint density at radius 1 is 1.22 bits per heavy atom. The Kier molecular flexibility index (Phi) is 10.3. The lowest BCUT2D eigenvalue weighted by atomic mass is 10.3. The van der Waals surface area contributed by atoms with Crippen molar-refractivity contribution in [3.63, 3.8) is 0 Å². The quantitative estimate of drug-likeness (QED) is 0.457. The molecule has 0 unspecified atom stereocenters. The van der Waals surface area contributed by atoms with Gasteiger partial charge in [0.05, 0.1) is 13.2 Å². The lowest BCUT2D eigenvalue weighted by Gasteiger charge is -2.20. The van der Waals surface area contributed by atoms with E-state index in [4.69, 9.17) is 10.2 Å². The van der Waals surface area contributed by atoms with E-state index < -0.39 is 5.97 Å². The van der Waals surface area contributed by atoms with Gasteiger partial charge in [-0.15, -0.1) is 0 Å². The molecule has 0 aliphatic heterocycles. The first-order valence-corrected chi connectivity index (χ1v) is 6.41. The number of carboxylic acids is 1. The molecule has 18 heavy (non-hydrogen) atoms. The maximum absolute atomic E-state index is 11.6. The molecule has 0 saturated carbocycles. The molecule has 3 N–H and O–H groups in total. The van der Waals surface area contributed by atoms with Crippen molar-refractivity contribution in [2.24, 2.45) is 0 Å². The summed E-state index contributed by atoms with van der Waals surface area (Å²) in [6.45, 7) is 4.03. The molecule has 0 heterocycles. The van der Waals surface area contributed by atoms with Crippen molar-refractivity contribution in [3.8, 4) is 0 Å². The summed E-state index contributed by atoms with van der Waals surface area (Å²) in [5, 5.41) is 20.0. The van der Waals surface area contributed by atoms with Gasteiger partial charge in [0, 0.05) is 19.5 Å². The van der Waals surface area contributed by atoms with Crippen LogP contribution in [0, 0.1) is 0 Å². The Morgan fingerprint density at radius 2 is 1.94 bits per heavy atom. The van der Waals surface area contributed by atoms with Crippen LogP contribution in [0.1, 0.15) is 32.6 Å². The van der Waals surface area contributed by atoms with E-state index in [1.807, 2.05) is 4.90 Å². The van der Waals surface area contributed by atoms with Crippen LogP contribution in [-0.2, 0) is 9.59 Å². The number of aliphatic carboxylic acids is 1. The largest absolute Gasteiger partial charge is 0.481 e. The number of carboxylic acid groups (broad SMARTS) is 1. The molecular weight excluding hydrogens is 236 g/mol. The number of carbonyl (C=O) groups excluding carboxylic acids is 1. The summed E-state index contributed by atoms with van der Waals surface area (Å²) in [7, 11) is 0. The van der Waals surface area contributed by atoms with Crippen molar-refractivity contribution in [3.05, 3.63) is 0 Å². The van der Waals surface area contributed by atoms with Crippen molar-refractivity contribution >= 4 is 11.9 Å². The Balaban J connectivity index is 3.76. The average Bonchev–Trinajstić information content (AvgIpc) is 2.31. The molecule has 0 saturated heterocycles. The van der Waals surface area contributed by atoms with E-state index in [1.54, 1.807) is 0 Å². The maximum atomic E-state index is 11.6. The Labute approximate surface area is 108 Å². The second-order valence-electron chi connectivity index (χ2n) is 4.20.